The Labute approximate surface area is 92.9 Å². The molecule has 0 aromatic carbocycles. The molecule has 1 fully saturated rings. The molecule has 15 heavy (non-hydrogen) atoms. The Morgan fingerprint density at radius 1 is 1.53 bits per heavy atom. The largest absolute Gasteiger partial charge is 0.480 e. The van der Waals surface area contributed by atoms with E-state index in [1.54, 1.807) is 4.90 Å². The second kappa shape index (κ2) is 4.06. The van der Waals surface area contributed by atoms with Crippen LogP contribution in [0.25, 0.3) is 0 Å². The molecule has 1 saturated heterocycles. The highest BCUT2D eigenvalue weighted by atomic mass is 32.1. The average Bonchev–Trinajstić information content (AvgIpc) is 2.58. The third-order valence-corrected chi connectivity index (χ3v) is 2.55. The van der Waals surface area contributed by atoms with Gasteiger partial charge in [-0.05, 0) is 0 Å². The van der Waals surface area contributed by atoms with Crippen LogP contribution in [0, 0.1) is 0 Å². The fourth-order valence-corrected chi connectivity index (χ4v) is 1.78. The number of thiol groups is 1. The van der Waals surface area contributed by atoms with Crippen LogP contribution < -0.4 is 9.64 Å². The van der Waals surface area contributed by atoms with Crippen molar-refractivity contribution >= 4 is 24.4 Å². The van der Waals surface area contributed by atoms with Gasteiger partial charge in [-0.3, -0.25) is 9.69 Å². The molecule has 1 amide bonds. The summed E-state index contributed by atoms with van der Waals surface area (Å²) in [4.78, 5) is 21.2. The number of hydrogen-bond acceptors (Lipinski definition) is 5. The summed E-state index contributed by atoms with van der Waals surface area (Å²) < 4.78 is 4.89. The minimum atomic E-state index is 0.0365. The number of anilines is 1. The first-order valence-corrected chi connectivity index (χ1v) is 5.07. The van der Waals surface area contributed by atoms with E-state index >= 15 is 0 Å². The molecule has 0 bridgehead atoms. The van der Waals surface area contributed by atoms with Crippen LogP contribution in [0.2, 0.25) is 0 Å². The van der Waals surface area contributed by atoms with Crippen LogP contribution in [0.1, 0.15) is 6.42 Å². The summed E-state index contributed by atoms with van der Waals surface area (Å²) >= 11 is 4.26. The van der Waals surface area contributed by atoms with Gasteiger partial charge in [0, 0.05) is 18.2 Å². The zero-order chi connectivity index (χ0) is 10.8. The molecule has 1 aromatic rings. The third kappa shape index (κ3) is 2.04. The average molecular weight is 225 g/mol. The molecule has 1 atom stereocenters. The van der Waals surface area contributed by atoms with Gasteiger partial charge in [-0.15, -0.1) is 0 Å². The van der Waals surface area contributed by atoms with Crippen LogP contribution >= 0.6 is 12.6 Å². The van der Waals surface area contributed by atoms with E-state index in [2.05, 4.69) is 22.6 Å². The Morgan fingerprint density at radius 3 is 2.80 bits per heavy atom. The van der Waals surface area contributed by atoms with Gasteiger partial charge < -0.3 is 4.74 Å². The standard InChI is InChI=1S/C9H11N3O2S/c1-14-8-4-10-7(3-11-8)12-5-6(15)2-9(12)13/h3-4,6,15H,2,5H2,1H3. The van der Waals surface area contributed by atoms with Gasteiger partial charge >= 0.3 is 0 Å². The molecule has 0 spiro atoms. The molecule has 2 rings (SSSR count). The lowest BCUT2D eigenvalue weighted by Crippen LogP contribution is -2.25. The summed E-state index contributed by atoms with van der Waals surface area (Å²) in [5.74, 6) is 1.03. The van der Waals surface area contributed by atoms with Crippen molar-refractivity contribution in [2.45, 2.75) is 11.7 Å². The van der Waals surface area contributed by atoms with Gasteiger partial charge in [-0.25, -0.2) is 9.97 Å². The number of hydrogen-bond donors (Lipinski definition) is 1. The number of rotatable bonds is 2. The van der Waals surface area contributed by atoms with Gasteiger partial charge in [0.2, 0.25) is 11.8 Å². The van der Waals surface area contributed by atoms with Gasteiger partial charge in [-0.1, -0.05) is 0 Å². The lowest BCUT2D eigenvalue weighted by molar-refractivity contribution is -0.117. The predicted molar refractivity (Wildman–Crippen MR) is 58.3 cm³/mol. The number of carbonyl (C=O) groups is 1. The minimum absolute atomic E-state index is 0.0365. The molecule has 1 aliphatic rings. The maximum atomic E-state index is 11.5. The second-order valence-electron chi connectivity index (χ2n) is 3.28. The molecule has 1 aromatic heterocycles. The van der Waals surface area contributed by atoms with Gasteiger partial charge in [0.25, 0.3) is 0 Å². The Bertz CT molecular complexity index is 368. The topological polar surface area (TPSA) is 55.3 Å². The van der Waals surface area contributed by atoms with Crippen molar-refractivity contribution in [3.05, 3.63) is 12.4 Å². The fourth-order valence-electron chi connectivity index (χ4n) is 1.46. The van der Waals surface area contributed by atoms with E-state index in [4.69, 9.17) is 4.74 Å². The van der Waals surface area contributed by atoms with Crippen LogP contribution in [0.3, 0.4) is 0 Å². The normalized spacial score (nSPS) is 20.8. The molecule has 0 radical (unpaired) electrons. The number of carbonyl (C=O) groups excluding carboxylic acids is 1. The van der Waals surface area contributed by atoms with Crippen LogP contribution in [-0.4, -0.2) is 34.8 Å². The number of nitrogens with zero attached hydrogens (tertiary/aromatic N) is 3. The van der Waals surface area contributed by atoms with Crippen molar-refractivity contribution < 1.29 is 9.53 Å². The van der Waals surface area contributed by atoms with Crippen LogP contribution in [-0.2, 0) is 4.79 Å². The number of amides is 1. The first kappa shape index (κ1) is 10.2. The zero-order valence-corrected chi connectivity index (χ0v) is 9.15. The van der Waals surface area contributed by atoms with Gasteiger partial charge in [-0.2, -0.15) is 12.6 Å². The SMILES string of the molecule is COc1cnc(N2CC(S)CC2=O)cn1. The molecule has 0 saturated carbocycles. The zero-order valence-electron chi connectivity index (χ0n) is 8.25. The lowest BCUT2D eigenvalue weighted by Gasteiger charge is -2.13. The van der Waals surface area contributed by atoms with Crippen molar-refractivity contribution in [1.29, 1.82) is 0 Å². The minimum Gasteiger partial charge on any atom is -0.480 e. The van der Waals surface area contributed by atoms with Crippen LogP contribution in [0.4, 0.5) is 5.82 Å². The number of ether oxygens (including phenoxy) is 1. The van der Waals surface area contributed by atoms with E-state index < -0.39 is 0 Å². The van der Waals surface area contributed by atoms with Gasteiger partial charge in [0.15, 0.2) is 5.82 Å². The maximum absolute atomic E-state index is 11.5. The van der Waals surface area contributed by atoms with Crippen LogP contribution in [0.5, 0.6) is 5.88 Å². The third-order valence-electron chi connectivity index (χ3n) is 2.20. The molecule has 0 aliphatic carbocycles. The van der Waals surface area contributed by atoms with E-state index in [1.807, 2.05) is 0 Å². The molecule has 6 heteroatoms. The summed E-state index contributed by atoms with van der Waals surface area (Å²) in [5.41, 5.74) is 0. The molecular weight excluding hydrogens is 214 g/mol. The maximum Gasteiger partial charge on any atom is 0.232 e. The van der Waals surface area contributed by atoms with Crippen molar-refractivity contribution in [2.75, 3.05) is 18.6 Å². The first-order valence-electron chi connectivity index (χ1n) is 4.55. The first-order chi connectivity index (χ1) is 7.20. The Morgan fingerprint density at radius 2 is 2.33 bits per heavy atom. The Kier molecular flexibility index (Phi) is 2.77. The molecule has 5 nitrogen and oxygen atoms in total. The predicted octanol–water partition coefficient (Wildman–Crippen LogP) is 0.520. The highest BCUT2D eigenvalue weighted by Crippen LogP contribution is 2.22. The summed E-state index contributed by atoms with van der Waals surface area (Å²) in [5, 5.41) is 0.0846. The Balaban J connectivity index is 2.19. The fraction of sp³-hybridized carbons (Fsp3) is 0.444. The van der Waals surface area contributed by atoms with Crippen molar-refractivity contribution in [3.8, 4) is 5.88 Å². The molecular formula is C9H11N3O2S. The molecule has 1 unspecified atom stereocenters. The summed E-state index contributed by atoms with van der Waals surface area (Å²) in [6.45, 7) is 0.586. The van der Waals surface area contributed by atoms with E-state index in [-0.39, 0.29) is 11.2 Å². The summed E-state index contributed by atoms with van der Waals surface area (Å²) in [6, 6.07) is 0. The monoisotopic (exact) mass is 225 g/mol. The smallest absolute Gasteiger partial charge is 0.232 e. The number of methoxy groups -OCH3 is 1. The number of aromatic nitrogens is 2. The van der Waals surface area contributed by atoms with E-state index in [9.17, 15) is 4.79 Å². The van der Waals surface area contributed by atoms with E-state index in [0.29, 0.717) is 24.7 Å². The van der Waals surface area contributed by atoms with Crippen LogP contribution in [0.15, 0.2) is 12.4 Å². The lowest BCUT2D eigenvalue weighted by atomic mass is 10.4. The molecule has 1 aliphatic heterocycles. The van der Waals surface area contributed by atoms with Gasteiger partial charge in [0.05, 0.1) is 19.5 Å². The molecule has 0 N–H and O–H groups in total. The highest BCUT2D eigenvalue weighted by molar-refractivity contribution is 7.81. The van der Waals surface area contributed by atoms with E-state index in [0.717, 1.165) is 0 Å². The quantitative estimate of drug-likeness (QED) is 0.746. The highest BCUT2D eigenvalue weighted by Gasteiger charge is 2.29. The summed E-state index contributed by atoms with van der Waals surface area (Å²) in [7, 11) is 1.52. The molecule has 80 valence electrons. The Hall–Kier alpha value is -1.30. The molecule has 2 heterocycles. The van der Waals surface area contributed by atoms with Crippen molar-refractivity contribution in [3.63, 3.8) is 0 Å². The van der Waals surface area contributed by atoms with Crippen molar-refractivity contribution in [2.24, 2.45) is 0 Å². The summed E-state index contributed by atoms with van der Waals surface area (Å²) in [6.07, 6.45) is 3.48. The van der Waals surface area contributed by atoms with E-state index in [1.165, 1.54) is 19.5 Å². The second-order valence-corrected chi connectivity index (χ2v) is 4.01. The van der Waals surface area contributed by atoms with Crippen molar-refractivity contribution in [1.82, 2.24) is 9.97 Å². The van der Waals surface area contributed by atoms with Gasteiger partial charge in [0.1, 0.15) is 0 Å².